The van der Waals surface area contributed by atoms with Gasteiger partial charge in [0.15, 0.2) is 12.7 Å². The zero-order chi connectivity index (χ0) is 59.9. The molecule has 438 valence electrons. The zero-order valence-corrected chi connectivity index (χ0v) is 53.3. The molecular weight excluding hydrogens is 1170 g/mol. The first-order valence-electron chi connectivity index (χ1n) is 26.3. The number of fused-ring (bicyclic) bond motifs is 2. The van der Waals surface area contributed by atoms with Crippen LogP contribution in [0.4, 0.5) is 0 Å². The molecule has 19 heteroatoms. The Morgan fingerprint density at radius 2 is 0.886 bits per heavy atom. The highest BCUT2D eigenvalue weighted by Gasteiger charge is 2.36. The predicted molar refractivity (Wildman–Crippen MR) is 314 cm³/mol. The summed E-state index contributed by atoms with van der Waals surface area (Å²) in [5, 5.41) is 20.9. The summed E-state index contributed by atoms with van der Waals surface area (Å²) in [4.78, 5) is 53.1. The molecule has 79 heavy (non-hydrogen) atoms. The van der Waals surface area contributed by atoms with Crippen molar-refractivity contribution >= 4 is 55.7 Å². The number of benzene rings is 4. The largest absolute Gasteiger partial charge is 0.508 e. The third-order valence-corrected chi connectivity index (χ3v) is 16.1. The second-order valence-corrected chi connectivity index (χ2v) is 29.1. The summed E-state index contributed by atoms with van der Waals surface area (Å²) in [6.45, 7) is 31.0. The van der Waals surface area contributed by atoms with Crippen LogP contribution in [0, 0.1) is 43.9 Å². The lowest BCUT2D eigenvalue weighted by Crippen LogP contribution is -2.25. The van der Waals surface area contributed by atoms with Gasteiger partial charge in [0, 0.05) is 11.1 Å². The molecule has 4 N–H and O–H groups in total. The van der Waals surface area contributed by atoms with E-state index in [0.29, 0.717) is 34.0 Å². The lowest BCUT2D eigenvalue weighted by molar-refractivity contribution is -0.162. The fraction of sp³-hybridized carbons (Fsp3) is 0.550. The Kier molecular flexibility index (Phi) is 22.6. The molecule has 0 unspecified atom stereocenters. The fourth-order valence-corrected chi connectivity index (χ4v) is 10.9. The molecule has 0 heterocycles. The highest BCUT2D eigenvalue weighted by Crippen LogP contribution is 2.50. The van der Waals surface area contributed by atoms with E-state index in [-0.39, 0.29) is 22.2 Å². The molecule has 0 radical (unpaired) electrons. The predicted octanol–water partition coefficient (Wildman–Crippen LogP) is 13.8. The van der Waals surface area contributed by atoms with Crippen LogP contribution in [0.2, 0.25) is 0 Å². The number of aryl methyl sites for hydroxylation is 4. The summed E-state index contributed by atoms with van der Waals surface area (Å²) in [5.41, 5.74) is 11.4. The Morgan fingerprint density at radius 1 is 0.557 bits per heavy atom. The summed E-state index contributed by atoms with van der Waals surface area (Å²) in [6.07, 6.45) is 4.27. The lowest BCUT2D eigenvalue weighted by atomic mass is 9.84. The standard InChI is InChI=1S/C33H47O9P.C21H27O5P.C6H11IO2/c1-21-15-24(16-22(2)26(21)17-23-11-12-27(34)28-25(23)13-14-33(28,9)10)40-20-43(37,41-18-38-29(35)31(3,4)5)42-19-39-30(36)32(6,7)8;1-13-9-16(26-12-27(23,24)25)10-14(2)18(13)11-15-5-6-19(22)20-17(15)7-8-21(20,3)4;1-6(2,3)5(8)9-4-7/h11-12,15-16,34H,13-14,17-20H2,1-10H3;5-6,9-10,22H,7-8,11-12H2,1-4H3,(H2,23,24,25);4H2,1-3H3. The molecule has 2 aliphatic rings. The molecule has 0 aromatic heterocycles. The number of esters is 3. The molecule has 0 saturated heterocycles. The second-order valence-electron chi connectivity index (χ2n) is 24.9. The Morgan fingerprint density at radius 3 is 1.19 bits per heavy atom. The van der Waals surface area contributed by atoms with Gasteiger partial charge < -0.3 is 43.7 Å². The van der Waals surface area contributed by atoms with Gasteiger partial charge in [0.05, 0.1) is 16.2 Å². The van der Waals surface area contributed by atoms with Gasteiger partial charge in [0.1, 0.15) is 27.6 Å². The third-order valence-electron chi connectivity index (χ3n) is 13.9. The minimum absolute atomic E-state index is 0.0141. The number of hydrogen-bond donors (Lipinski definition) is 4. The molecular formula is C60H85IO16P2. The summed E-state index contributed by atoms with van der Waals surface area (Å²) >= 11 is 2.00. The Balaban J connectivity index is 0.000000315. The monoisotopic (exact) mass is 1250 g/mol. The number of phenols is 2. The highest BCUT2D eigenvalue weighted by atomic mass is 127. The number of halogens is 1. The van der Waals surface area contributed by atoms with Gasteiger partial charge in [-0.3, -0.25) is 32.6 Å². The first kappa shape index (κ1) is 67.0. The summed E-state index contributed by atoms with van der Waals surface area (Å²) in [7, 11) is -8.23. The van der Waals surface area contributed by atoms with Crippen LogP contribution in [0.25, 0.3) is 0 Å². The van der Waals surface area contributed by atoms with Crippen molar-refractivity contribution < 1.29 is 76.2 Å². The number of phenolic OH excluding ortho intramolecular Hbond substituents is 2. The quantitative estimate of drug-likeness (QED) is 0.0192. The average molecular weight is 1250 g/mol. The van der Waals surface area contributed by atoms with Gasteiger partial charge >= 0.3 is 33.1 Å². The molecule has 0 bridgehead atoms. The number of carbonyl (C=O) groups excluding carboxylic acids is 3. The van der Waals surface area contributed by atoms with E-state index in [2.05, 4.69) is 27.7 Å². The van der Waals surface area contributed by atoms with Crippen molar-refractivity contribution in [2.75, 3.05) is 30.9 Å². The summed E-state index contributed by atoms with van der Waals surface area (Å²) in [5.74, 6) is 0.444. The minimum Gasteiger partial charge on any atom is -0.508 e. The van der Waals surface area contributed by atoms with Crippen molar-refractivity contribution in [3.05, 3.63) is 115 Å². The van der Waals surface area contributed by atoms with Crippen LogP contribution in [0.15, 0.2) is 48.5 Å². The number of ether oxygens (including phenoxy) is 5. The molecule has 6 rings (SSSR count). The summed E-state index contributed by atoms with van der Waals surface area (Å²) < 4.78 is 61.8. The number of rotatable bonds is 17. The van der Waals surface area contributed by atoms with Crippen molar-refractivity contribution in [1.82, 2.24) is 0 Å². The smallest absolute Gasteiger partial charge is 0.373 e. The molecule has 0 amide bonds. The Labute approximate surface area is 481 Å². The number of carbonyl (C=O) groups is 3. The van der Waals surface area contributed by atoms with Gasteiger partial charge in [-0.05, 0) is 254 Å². The van der Waals surface area contributed by atoms with E-state index in [1.54, 1.807) is 53.7 Å². The van der Waals surface area contributed by atoms with E-state index >= 15 is 0 Å². The topological polar surface area (TPSA) is 231 Å². The van der Waals surface area contributed by atoms with Crippen LogP contribution in [0.1, 0.15) is 170 Å². The highest BCUT2D eigenvalue weighted by molar-refractivity contribution is 14.1. The second kappa shape index (κ2) is 26.6. The fourth-order valence-electron chi connectivity index (χ4n) is 9.35. The Bertz CT molecular complexity index is 2850. The minimum atomic E-state index is -4.20. The molecule has 0 fully saturated rings. The van der Waals surface area contributed by atoms with E-state index in [1.165, 1.54) is 27.8 Å². The van der Waals surface area contributed by atoms with Gasteiger partial charge in [0.25, 0.3) is 0 Å². The summed E-state index contributed by atoms with van der Waals surface area (Å²) in [6, 6.07) is 15.0. The van der Waals surface area contributed by atoms with E-state index in [9.17, 15) is 33.7 Å². The van der Waals surface area contributed by atoms with E-state index < -0.39 is 64.2 Å². The first-order chi connectivity index (χ1) is 36.2. The van der Waals surface area contributed by atoms with Crippen LogP contribution in [-0.2, 0) is 83.3 Å². The van der Waals surface area contributed by atoms with Gasteiger partial charge in [-0.2, -0.15) is 0 Å². The van der Waals surface area contributed by atoms with Gasteiger partial charge in [0.2, 0.25) is 13.6 Å². The number of aromatic hydroxyl groups is 2. The van der Waals surface area contributed by atoms with E-state index in [4.69, 9.17) is 42.5 Å². The van der Waals surface area contributed by atoms with Crippen molar-refractivity contribution in [2.24, 2.45) is 16.2 Å². The average Bonchev–Trinajstić information content (AvgIpc) is 3.96. The van der Waals surface area contributed by atoms with E-state index in [1.807, 2.05) is 107 Å². The van der Waals surface area contributed by atoms with Crippen molar-refractivity contribution in [1.29, 1.82) is 0 Å². The van der Waals surface area contributed by atoms with Crippen molar-refractivity contribution in [3.63, 3.8) is 0 Å². The van der Waals surface area contributed by atoms with Crippen molar-refractivity contribution in [3.8, 4) is 23.0 Å². The number of alkyl halides is 1. The third kappa shape index (κ3) is 19.0. The molecule has 16 nitrogen and oxygen atoms in total. The van der Waals surface area contributed by atoms with Crippen LogP contribution >= 0.6 is 37.8 Å². The van der Waals surface area contributed by atoms with Crippen LogP contribution in [-0.4, -0.2) is 68.8 Å². The van der Waals surface area contributed by atoms with Gasteiger partial charge in [-0.25, -0.2) is 0 Å². The lowest BCUT2D eigenvalue weighted by Gasteiger charge is -2.22. The molecule has 4 aromatic carbocycles. The maximum absolute atomic E-state index is 13.5. The van der Waals surface area contributed by atoms with Crippen molar-refractivity contribution in [2.45, 2.75) is 167 Å². The maximum Gasteiger partial charge on any atom is 0.373 e. The van der Waals surface area contributed by atoms with Gasteiger partial charge in [-0.1, -0.05) is 39.8 Å². The maximum atomic E-state index is 13.5. The molecule has 0 aliphatic heterocycles. The SMILES string of the molecule is CC(C)(C)C(=O)OCI.Cc1cc(OCP(=O)(O)O)cc(C)c1Cc1ccc(O)c2c1CCC2(C)C.Cc1cc(OCP(=O)(OCOC(=O)C(C)(C)C)OCOC(=O)C(C)(C)C)cc(C)c1Cc1ccc(O)c2c1CCC2(C)C. The van der Waals surface area contributed by atoms with Gasteiger partial charge in [-0.15, -0.1) is 0 Å². The van der Waals surface area contributed by atoms with Crippen LogP contribution in [0.5, 0.6) is 23.0 Å². The number of hydrogen-bond acceptors (Lipinski definition) is 14. The molecule has 0 saturated carbocycles. The first-order valence-corrected chi connectivity index (χ1v) is 31.4. The molecule has 0 spiro atoms. The normalized spacial score (nSPS) is 14.6. The molecule has 2 aliphatic carbocycles. The Hall–Kier alpha value is -4.48. The van der Waals surface area contributed by atoms with Crippen LogP contribution < -0.4 is 9.47 Å². The zero-order valence-electron chi connectivity index (χ0n) is 49.4. The molecule has 0 atom stereocenters. The van der Waals surface area contributed by atoms with Crippen LogP contribution in [0.3, 0.4) is 0 Å². The van der Waals surface area contributed by atoms with E-state index in [0.717, 1.165) is 71.0 Å². The molecule has 4 aromatic rings.